The summed E-state index contributed by atoms with van der Waals surface area (Å²) in [4.78, 5) is 13.9. The van der Waals surface area contributed by atoms with Gasteiger partial charge in [-0.2, -0.15) is 5.26 Å². The molecule has 0 spiro atoms. The number of carbonyl (C=O) groups excluding carboxylic acids is 1. The summed E-state index contributed by atoms with van der Waals surface area (Å²) < 4.78 is 5.34. The lowest BCUT2D eigenvalue weighted by Crippen LogP contribution is -2.52. The number of nitriles is 1. The van der Waals surface area contributed by atoms with Gasteiger partial charge < -0.3 is 9.64 Å². The lowest BCUT2D eigenvalue weighted by molar-refractivity contribution is -0.161. The third-order valence-corrected chi connectivity index (χ3v) is 3.94. The summed E-state index contributed by atoms with van der Waals surface area (Å²) in [5, 5.41) is 9.39. The summed E-state index contributed by atoms with van der Waals surface area (Å²) in [5.74, 6) is -0.00199. The first-order chi connectivity index (χ1) is 9.70. The number of allylic oxidation sites excluding steroid dienone is 2. The fourth-order valence-corrected chi connectivity index (χ4v) is 3.02. The molecule has 102 valence electrons. The van der Waals surface area contributed by atoms with E-state index in [1.54, 1.807) is 0 Å². The smallest absolute Gasteiger partial charge is 0.328 e. The predicted octanol–water partition coefficient (Wildman–Crippen LogP) is 2.40. The van der Waals surface area contributed by atoms with E-state index >= 15 is 0 Å². The molecule has 2 aliphatic rings. The first kappa shape index (κ1) is 12.7. The molecule has 1 fully saturated rings. The maximum atomic E-state index is 12.0. The van der Waals surface area contributed by atoms with Crippen LogP contribution in [-0.4, -0.2) is 23.5 Å². The average molecular weight is 268 g/mol. The molecule has 0 aromatic heterocycles. The van der Waals surface area contributed by atoms with Crippen LogP contribution in [0.2, 0.25) is 0 Å². The third kappa shape index (κ3) is 2.05. The molecule has 2 aliphatic heterocycles. The lowest BCUT2D eigenvalue weighted by atomic mass is 9.90. The molecular weight excluding hydrogens is 252 g/mol. The van der Waals surface area contributed by atoms with E-state index in [4.69, 9.17) is 4.74 Å². The highest BCUT2D eigenvalue weighted by atomic mass is 16.5. The Morgan fingerprint density at radius 3 is 2.75 bits per heavy atom. The minimum absolute atomic E-state index is 0.0719. The van der Waals surface area contributed by atoms with Crippen molar-refractivity contribution in [2.45, 2.75) is 25.4 Å². The summed E-state index contributed by atoms with van der Waals surface area (Å²) in [5.41, 5.74) is 1.65. The van der Waals surface area contributed by atoms with Crippen molar-refractivity contribution in [3.05, 3.63) is 47.7 Å². The van der Waals surface area contributed by atoms with E-state index in [1.165, 1.54) is 0 Å². The van der Waals surface area contributed by atoms with Crippen LogP contribution < -0.4 is 0 Å². The number of morpholine rings is 1. The topological polar surface area (TPSA) is 53.3 Å². The quantitative estimate of drug-likeness (QED) is 0.734. The van der Waals surface area contributed by atoms with Crippen molar-refractivity contribution in [1.82, 2.24) is 4.90 Å². The van der Waals surface area contributed by atoms with Gasteiger partial charge in [0.15, 0.2) is 0 Å². The molecule has 0 amide bonds. The lowest BCUT2D eigenvalue weighted by Gasteiger charge is -2.44. The maximum Gasteiger partial charge on any atom is 0.328 e. The van der Waals surface area contributed by atoms with E-state index in [0.717, 1.165) is 5.56 Å². The molecule has 0 radical (unpaired) electrons. The summed E-state index contributed by atoms with van der Waals surface area (Å²) in [7, 11) is 0. The van der Waals surface area contributed by atoms with Crippen LogP contribution in [0.1, 0.15) is 24.9 Å². The first-order valence-electron chi connectivity index (χ1n) is 6.82. The summed E-state index contributed by atoms with van der Waals surface area (Å²) >= 11 is 0. The molecule has 2 heterocycles. The maximum absolute atomic E-state index is 12.0. The van der Waals surface area contributed by atoms with E-state index in [0.29, 0.717) is 18.7 Å². The number of hydrogen-bond donors (Lipinski definition) is 0. The highest BCUT2D eigenvalue weighted by Gasteiger charge is 2.42. The van der Waals surface area contributed by atoms with Crippen LogP contribution in [0.25, 0.3) is 0 Å². The van der Waals surface area contributed by atoms with Crippen LogP contribution >= 0.6 is 0 Å². The Hall–Kier alpha value is -2.28. The standard InChI is InChI=1S/C16H16N2O2/c1-11-7-13(9-17)18-14(8-11)16(19)20-10-15(18)12-5-3-2-4-6-12/h2-7,11,14-15H,8,10H2,1H3/t11-,14+,15-/m1/s1. The van der Waals surface area contributed by atoms with Gasteiger partial charge >= 0.3 is 5.97 Å². The Bertz CT molecular complexity index is 588. The van der Waals surface area contributed by atoms with Crippen molar-refractivity contribution in [3.8, 4) is 6.07 Å². The molecule has 0 bridgehead atoms. The zero-order chi connectivity index (χ0) is 14.1. The van der Waals surface area contributed by atoms with Gasteiger partial charge in [0.1, 0.15) is 24.4 Å². The van der Waals surface area contributed by atoms with Crippen molar-refractivity contribution in [1.29, 1.82) is 5.26 Å². The van der Waals surface area contributed by atoms with Gasteiger partial charge in [-0.25, -0.2) is 4.79 Å². The second kappa shape index (κ2) is 5.01. The summed E-state index contributed by atoms with van der Waals surface area (Å²) in [6.07, 6.45) is 2.65. The molecule has 4 nitrogen and oxygen atoms in total. The van der Waals surface area contributed by atoms with Gasteiger partial charge in [0, 0.05) is 0 Å². The second-order valence-electron chi connectivity index (χ2n) is 5.36. The Balaban J connectivity index is 2.03. The van der Waals surface area contributed by atoms with Crippen LogP contribution in [0.15, 0.2) is 42.1 Å². The second-order valence-corrected chi connectivity index (χ2v) is 5.36. The number of nitrogens with zero attached hydrogens (tertiary/aromatic N) is 2. The molecule has 0 aliphatic carbocycles. The molecule has 3 atom stereocenters. The van der Waals surface area contributed by atoms with E-state index in [9.17, 15) is 10.1 Å². The van der Waals surface area contributed by atoms with Gasteiger partial charge in [0.2, 0.25) is 0 Å². The number of ether oxygens (including phenoxy) is 1. The molecule has 0 unspecified atom stereocenters. The molecular formula is C16H16N2O2. The number of cyclic esters (lactones) is 1. The normalized spacial score (nSPS) is 29.0. The SMILES string of the molecule is C[C@@H]1C=C(C#N)N2[C@@H](c3ccccc3)COC(=O)[C@@H]2C1. The molecule has 3 rings (SSSR count). The number of rotatable bonds is 1. The van der Waals surface area contributed by atoms with E-state index in [-0.39, 0.29) is 24.0 Å². The molecule has 1 aromatic carbocycles. The van der Waals surface area contributed by atoms with Crippen LogP contribution in [-0.2, 0) is 9.53 Å². The highest BCUT2D eigenvalue weighted by molar-refractivity contribution is 5.77. The molecule has 20 heavy (non-hydrogen) atoms. The number of carbonyl (C=O) groups is 1. The molecule has 0 N–H and O–H groups in total. The van der Waals surface area contributed by atoms with Crippen LogP contribution in [0.3, 0.4) is 0 Å². The minimum Gasteiger partial charge on any atom is -0.462 e. The van der Waals surface area contributed by atoms with Crippen LogP contribution in [0, 0.1) is 17.2 Å². The van der Waals surface area contributed by atoms with Crippen molar-refractivity contribution in [2.75, 3.05) is 6.61 Å². The molecule has 4 heteroatoms. The van der Waals surface area contributed by atoms with E-state index in [1.807, 2.05) is 48.2 Å². The van der Waals surface area contributed by atoms with Gasteiger partial charge in [0.25, 0.3) is 0 Å². The fraction of sp³-hybridized carbons (Fsp3) is 0.375. The van der Waals surface area contributed by atoms with Crippen molar-refractivity contribution < 1.29 is 9.53 Å². The zero-order valence-corrected chi connectivity index (χ0v) is 11.3. The van der Waals surface area contributed by atoms with Crippen LogP contribution in [0.5, 0.6) is 0 Å². The van der Waals surface area contributed by atoms with Gasteiger partial charge in [0.05, 0.1) is 6.04 Å². The van der Waals surface area contributed by atoms with Gasteiger partial charge in [-0.1, -0.05) is 37.3 Å². The number of hydrogen-bond acceptors (Lipinski definition) is 4. The van der Waals surface area contributed by atoms with E-state index < -0.39 is 0 Å². The molecule has 1 aromatic rings. The third-order valence-electron chi connectivity index (χ3n) is 3.94. The van der Waals surface area contributed by atoms with Crippen molar-refractivity contribution in [2.24, 2.45) is 5.92 Å². The number of fused-ring (bicyclic) bond motifs is 1. The van der Waals surface area contributed by atoms with Crippen molar-refractivity contribution in [3.63, 3.8) is 0 Å². The van der Waals surface area contributed by atoms with Crippen molar-refractivity contribution >= 4 is 5.97 Å². The first-order valence-corrected chi connectivity index (χ1v) is 6.82. The van der Waals surface area contributed by atoms with Gasteiger partial charge in [-0.05, 0) is 24.0 Å². The van der Waals surface area contributed by atoms with Gasteiger partial charge in [-0.3, -0.25) is 0 Å². The Morgan fingerprint density at radius 2 is 2.05 bits per heavy atom. The monoisotopic (exact) mass is 268 g/mol. The highest BCUT2D eigenvalue weighted by Crippen LogP contribution is 2.37. The Morgan fingerprint density at radius 1 is 1.30 bits per heavy atom. The summed E-state index contributed by atoms with van der Waals surface area (Å²) in [6.45, 7) is 2.32. The molecule has 0 saturated carbocycles. The Labute approximate surface area is 118 Å². The fourth-order valence-electron chi connectivity index (χ4n) is 3.02. The summed E-state index contributed by atoms with van der Waals surface area (Å²) in [6, 6.07) is 11.7. The predicted molar refractivity (Wildman–Crippen MR) is 73.2 cm³/mol. The Kier molecular flexibility index (Phi) is 3.19. The molecule has 1 saturated heterocycles. The minimum atomic E-state index is -0.344. The average Bonchev–Trinajstić information content (AvgIpc) is 2.48. The van der Waals surface area contributed by atoms with Gasteiger partial charge in [-0.15, -0.1) is 0 Å². The zero-order valence-electron chi connectivity index (χ0n) is 11.3. The number of benzene rings is 1. The van der Waals surface area contributed by atoms with E-state index in [2.05, 4.69) is 6.07 Å². The van der Waals surface area contributed by atoms with Crippen LogP contribution in [0.4, 0.5) is 0 Å². The number of esters is 1. The largest absolute Gasteiger partial charge is 0.462 e.